The summed E-state index contributed by atoms with van der Waals surface area (Å²) in [5.41, 5.74) is 0. The Kier molecular flexibility index (Phi) is 1.24. The molecule has 0 spiro atoms. The van der Waals surface area contributed by atoms with Gasteiger partial charge in [0.2, 0.25) is 0 Å². The third-order valence-corrected chi connectivity index (χ3v) is 2.38. The maximum atomic E-state index is 5.03. The molecule has 0 aromatic carbocycles. The molecule has 0 saturated carbocycles. The van der Waals surface area contributed by atoms with E-state index in [1.165, 1.54) is 5.01 Å². The second-order valence-corrected chi connectivity index (χ2v) is 3.03. The lowest BCUT2D eigenvalue weighted by Crippen LogP contribution is -2.24. The molecule has 0 atom stereocenters. The highest BCUT2D eigenvalue weighted by Gasteiger charge is 2.22. The molecule has 2 rings (SSSR count). The predicted octanol–water partition coefficient (Wildman–Crippen LogP) is 1.26. The average molecular weight is 141 g/mol. The fourth-order valence-corrected chi connectivity index (χ4v) is 1.53. The van der Waals surface area contributed by atoms with Crippen molar-refractivity contribution >= 4 is 11.3 Å². The van der Waals surface area contributed by atoms with Crippen molar-refractivity contribution < 1.29 is 4.74 Å². The molecular weight excluding hydrogens is 134 g/mol. The third-order valence-electron chi connectivity index (χ3n) is 1.44. The molecule has 0 radical (unpaired) electrons. The minimum atomic E-state index is 0.602. The van der Waals surface area contributed by atoms with E-state index in [1.807, 2.05) is 11.6 Å². The van der Waals surface area contributed by atoms with E-state index in [1.54, 1.807) is 11.3 Å². The van der Waals surface area contributed by atoms with Gasteiger partial charge in [-0.3, -0.25) is 0 Å². The van der Waals surface area contributed by atoms with Crippen molar-refractivity contribution in [3.05, 3.63) is 16.6 Å². The monoisotopic (exact) mass is 141 g/mol. The predicted molar refractivity (Wildman–Crippen MR) is 35.7 cm³/mol. The highest BCUT2D eigenvalue weighted by molar-refractivity contribution is 7.09. The molecule has 2 nitrogen and oxygen atoms in total. The van der Waals surface area contributed by atoms with Gasteiger partial charge in [-0.2, -0.15) is 0 Å². The van der Waals surface area contributed by atoms with Crippen LogP contribution < -0.4 is 0 Å². The van der Waals surface area contributed by atoms with E-state index in [4.69, 9.17) is 4.74 Å². The summed E-state index contributed by atoms with van der Waals surface area (Å²) in [4.78, 5) is 4.18. The van der Waals surface area contributed by atoms with Gasteiger partial charge in [-0.05, 0) is 0 Å². The van der Waals surface area contributed by atoms with Crippen molar-refractivity contribution in [1.82, 2.24) is 4.98 Å². The van der Waals surface area contributed by atoms with Crippen molar-refractivity contribution in [2.75, 3.05) is 13.2 Å². The molecule has 1 aliphatic rings. The number of aromatic nitrogens is 1. The normalized spacial score (nSPS) is 19.6. The molecule has 1 aromatic heterocycles. The fourth-order valence-electron chi connectivity index (χ4n) is 0.814. The molecule has 1 aromatic rings. The summed E-state index contributed by atoms with van der Waals surface area (Å²) in [5, 5.41) is 3.23. The fraction of sp³-hybridized carbons (Fsp3) is 0.500. The van der Waals surface area contributed by atoms with Crippen molar-refractivity contribution in [3.8, 4) is 0 Å². The van der Waals surface area contributed by atoms with Gasteiger partial charge in [0.1, 0.15) is 5.01 Å². The van der Waals surface area contributed by atoms with Gasteiger partial charge < -0.3 is 4.74 Å². The summed E-state index contributed by atoms with van der Waals surface area (Å²) in [5.74, 6) is 0.602. The molecule has 2 heterocycles. The zero-order valence-electron chi connectivity index (χ0n) is 4.91. The largest absolute Gasteiger partial charge is 0.380 e. The highest BCUT2D eigenvalue weighted by atomic mass is 32.1. The Bertz CT molecular complexity index is 181. The minimum Gasteiger partial charge on any atom is -0.380 e. The summed E-state index contributed by atoms with van der Waals surface area (Å²) in [6, 6.07) is 0. The minimum absolute atomic E-state index is 0.602. The highest BCUT2D eigenvalue weighted by Crippen LogP contribution is 2.24. The molecule has 0 N–H and O–H groups in total. The first-order chi connectivity index (χ1) is 4.47. The van der Waals surface area contributed by atoms with E-state index < -0.39 is 0 Å². The van der Waals surface area contributed by atoms with E-state index in [2.05, 4.69) is 4.98 Å². The van der Waals surface area contributed by atoms with Crippen LogP contribution >= 0.6 is 11.3 Å². The van der Waals surface area contributed by atoms with Crippen molar-refractivity contribution in [2.45, 2.75) is 5.92 Å². The standard InChI is InChI=1S/C6H7NOS/c1-2-9-6(7-1)5-3-8-4-5/h1-2,5H,3-4H2. The zero-order chi connectivity index (χ0) is 6.10. The maximum Gasteiger partial charge on any atom is 0.100 e. The van der Waals surface area contributed by atoms with Crippen LogP contribution in [-0.2, 0) is 4.74 Å². The summed E-state index contributed by atoms with van der Waals surface area (Å²) in [6.07, 6.45) is 1.85. The number of thiazole rings is 1. The summed E-state index contributed by atoms with van der Waals surface area (Å²) in [6.45, 7) is 1.74. The summed E-state index contributed by atoms with van der Waals surface area (Å²) >= 11 is 1.72. The van der Waals surface area contributed by atoms with Gasteiger partial charge in [-0.25, -0.2) is 4.98 Å². The van der Waals surface area contributed by atoms with Gasteiger partial charge in [0.25, 0.3) is 0 Å². The van der Waals surface area contributed by atoms with E-state index in [-0.39, 0.29) is 0 Å². The van der Waals surface area contributed by atoms with Gasteiger partial charge in [0, 0.05) is 11.6 Å². The SMILES string of the molecule is c1csc(C2COC2)n1. The van der Waals surface area contributed by atoms with Gasteiger partial charge in [0.05, 0.1) is 19.1 Å². The van der Waals surface area contributed by atoms with Gasteiger partial charge in [-0.15, -0.1) is 11.3 Å². The number of hydrogen-bond acceptors (Lipinski definition) is 3. The van der Waals surface area contributed by atoms with Gasteiger partial charge in [0.15, 0.2) is 0 Å². The lowest BCUT2D eigenvalue weighted by Gasteiger charge is -2.23. The van der Waals surface area contributed by atoms with Crippen LogP contribution in [0.2, 0.25) is 0 Å². The van der Waals surface area contributed by atoms with Crippen LogP contribution in [0.5, 0.6) is 0 Å². The Morgan fingerprint density at radius 2 is 2.56 bits per heavy atom. The summed E-state index contributed by atoms with van der Waals surface area (Å²) in [7, 11) is 0. The van der Waals surface area contributed by atoms with Crippen LogP contribution in [0.15, 0.2) is 11.6 Å². The molecule has 0 aliphatic carbocycles. The molecule has 0 amide bonds. The smallest absolute Gasteiger partial charge is 0.100 e. The van der Waals surface area contributed by atoms with E-state index >= 15 is 0 Å². The third kappa shape index (κ3) is 0.862. The van der Waals surface area contributed by atoms with Crippen molar-refractivity contribution in [1.29, 1.82) is 0 Å². The zero-order valence-corrected chi connectivity index (χ0v) is 5.73. The van der Waals surface area contributed by atoms with Crippen molar-refractivity contribution in [3.63, 3.8) is 0 Å². The van der Waals surface area contributed by atoms with E-state index in [0.717, 1.165) is 13.2 Å². The number of ether oxygens (including phenoxy) is 1. The Hall–Kier alpha value is -0.410. The number of nitrogens with zero attached hydrogens (tertiary/aromatic N) is 1. The van der Waals surface area contributed by atoms with E-state index in [0.29, 0.717) is 5.92 Å². The quantitative estimate of drug-likeness (QED) is 0.587. The Balaban J connectivity index is 2.14. The second kappa shape index (κ2) is 2.08. The first-order valence-electron chi connectivity index (χ1n) is 2.94. The maximum absolute atomic E-state index is 5.03. The Labute approximate surface area is 57.5 Å². The first-order valence-corrected chi connectivity index (χ1v) is 3.82. The number of hydrogen-bond donors (Lipinski definition) is 0. The second-order valence-electron chi connectivity index (χ2n) is 2.10. The lowest BCUT2D eigenvalue weighted by molar-refractivity contribution is 0.00834. The van der Waals surface area contributed by atoms with Gasteiger partial charge in [-0.1, -0.05) is 0 Å². The molecule has 3 heteroatoms. The molecule has 1 fully saturated rings. The van der Waals surface area contributed by atoms with Crippen molar-refractivity contribution in [2.24, 2.45) is 0 Å². The van der Waals surface area contributed by atoms with Crippen LogP contribution in [-0.4, -0.2) is 18.2 Å². The molecular formula is C6H7NOS. The Morgan fingerprint density at radius 3 is 3.00 bits per heavy atom. The van der Waals surface area contributed by atoms with Crippen LogP contribution in [0.4, 0.5) is 0 Å². The number of rotatable bonds is 1. The topological polar surface area (TPSA) is 22.1 Å². The molecule has 0 unspecified atom stereocenters. The average Bonchev–Trinajstić information content (AvgIpc) is 2.11. The molecule has 1 aliphatic heterocycles. The molecule has 0 bridgehead atoms. The molecule has 9 heavy (non-hydrogen) atoms. The van der Waals surface area contributed by atoms with Gasteiger partial charge >= 0.3 is 0 Å². The first kappa shape index (κ1) is 5.38. The molecule has 48 valence electrons. The Morgan fingerprint density at radius 1 is 1.67 bits per heavy atom. The van der Waals surface area contributed by atoms with Crippen LogP contribution in [0.25, 0.3) is 0 Å². The summed E-state index contributed by atoms with van der Waals surface area (Å²) < 4.78 is 5.03. The lowest BCUT2D eigenvalue weighted by atomic mass is 10.1. The molecule has 1 saturated heterocycles. The van der Waals surface area contributed by atoms with Crippen LogP contribution in [0.1, 0.15) is 10.9 Å². The van der Waals surface area contributed by atoms with Crippen LogP contribution in [0, 0.1) is 0 Å². The van der Waals surface area contributed by atoms with E-state index in [9.17, 15) is 0 Å². The van der Waals surface area contributed by atoms with Crippen LogP contribution in [0.3, 0.4) is 0 Å².